The summed E-state index contributed by atoms with van der Waals surface area (Å²) in [5.41, 5.74) is 0.688. The molecule has 7 heteroatoms. The number of hydrogen-bond donors (Lipinski definition) is 3. The van der Waals surface area contributed by atoms with Crippen LogP contribution in [0.15, 0.2) is 39.7 Å². The first-order chi connectivity index (χ1) is 12.3. The van der Waals surface area contributed by atoms with Crippen LogP contribution in [0.5, 0.6) is 0 Å². The fraction of sp³-hybridized carbons (Fsp3) is 0.450. The minimum atomic E-state index is -1.11. The van der Waals surface area contributed by atoms with Crippen molar-refractivity contribution >= 4 is 29.9 Å². The Labute approximate surface area is 177 Å². The molecule has 150 valence electrons. The first kappa shape index (κ1) is 23.4. The first-order valence-electron chi connectivity index (χ1n) is 8.88. The van der Waals surface area contributed by atoms with E-state index in [9.17, 15) is 9.50 Å². The summed E-state index contributed by atoms with van der Waals surface area (Å²) in [7, 11) is 0. The van der Waals surface area contributed by atoms with Crippen LogP contribution in [0.2, 0.25) is 0 Å². The van der Waals surface area contributed by atoms with Gasteiger partial charge in [-0.05, 0) is 57.9 Å². The molecule has 0 saturated heterocycles. The molecule has 0 aliphatic carbocycles. The zero-order valence-electron chi connectivity index (χ0n) is 16.3. The zero-order chi connectivity index (χ0) is 19.2. The first-order valence-corrected chi connectivity index (χ1v) is 8.88. The van der Waals surface area contributed by atoms with E-state index in [0.717, 1.165) is 23.3 Å². The number of guanidine groups is 1. The Kier molecular flexibility index (Phi) is 9.25. The molecule has 0 aliphatic rings. The van der Waals surface area contributed by atoms with Crippen molar-refractivity contribution in [1.29, 1.82) is 0 Å². The molecule has 2 rings (SSSR count). The summed E-state index contributed by atoms with van der Waals surface area (Å²) in [5.74, 6) is 1.87. The van der Waals surface area contributed by atoms with E-state index in [1.165, 1.54) is 12.1 Å². The van der Waals surface area contributed by atoms with Crippen LogP contribution in [0.4, 0.5) is 4.39 Å². The maximum Gasteiger partial charge on any atom is 0.191 e. The van der Waals surface area contributed by atoms with Crippen LogP contribution < -0.4 is 10.6 Å². The molecule has 1 unspecified atom stereocenters. The minimum absolute atomic E-state index is 0. The van der Waals surface area contributed by atoms with Crippen LogP contribution >= 0.6 is 24.0 Å². The molecule has 1 aromatic heterocycles. The number of nitrogens with one attached hydrogen (secondary N) is 2. The maximum atomic E-state index is 12.9. The lowest BCUT2D eigenvalue weighted by Gasteiger charge is -2.21. The lowest BCUT2D eigenvalue weighted by atomic mass is 9.96. The Bertz CT molecular complexity index is 742. The highest BCUT2D eigenvalue weighted by molar-refractivity contribution is 14.0. The average molecular weight is 489 g/mol. The quantitative estimate of drug-likeness (QED) is 0.316. The van der Waals surface area contributed by atoms with Gasteiger partial charge in [-0.1, -0.05) is 12.1 Å². The third kappa shape index (κ3) is 7.14. The molecule has 5 nitrogen and oxygen atoms in total. The van der Waals surface area contributed by atoms with Gasteiger partial charge in [-0.3, -0.25) is 0 Å². The van der Waals surface area contributed by atoms with E-state index in [-0.39, 0.29) is 36.3 Å². The molecule has 27 heavy (non-hydrogen) atoms. The van der Waals surface area contributed by atoms with Gasteiger partial charge in [-0.2, -0.15) is 0 Å². The smallest absolute Gasteiger partial charge is 0.191 e. The zero-order valence-corrected chi connectivity index (χ0v) is 18.6. The highest BCUT2D eigenvalue weighted by Crippen LogP contribution is 2.27. The molecule has 2 aromatic rings. The summed E-state index contributed by atoms with van der Waals surface area (Å²) < 4.78 is 18.5. The minimum Gasteiger partial charge on any atom is -0.466 e. The lowest BCUT2D eigenvalue weighted by Crippen LogP contribution is -2.39. The van der Waals surface area contributed by atoms with Gasteiger partial charge in [0.15, 0.2) is 5.96 Å². The highest BCUT2D eigenvalue weighted by Gasteiger charge is 2.27. The van der Waals surface area contributed by atoms with E-state index in [2.05, 4.69) is 15.6 Å². The summed E-state index contributed by atoms with van der Waals surface area (Å²) in [6.45, 7) is 8.99. The summed E-state index contributed by atoms with van der Waals surface area (Å²) in [5, 5.41) is 17.2. The van der Waals surface area contributed by atoms with E-state index in [4.69, 9.17) is 4.42 Å². The fourth-order valence-electron chi connectivity index (χ4n) is 2.80. The van der Waals surface area contributed by atoms with Crippen molar-refractivity contribution in [1.82, 2.24) is 10.6 Å². The van der Waals surface area contributed by atoms with Gasteiger partial charge in [-0.25, -0.2) is 9.38 Å². The number of furan rings is 1. The van der Waals surface area contributed by atoms with Gasteiger partial charge in [0, 0.05) is 18.7 Å². The second kappa shape index (κ2) is 10.7. The third-order valence-electron chi connectivity index (χ3n) is 4.13. The van der Waals surface area contributed by atoms with Gasteiger partial charge in [0.05, 0.1) is 6.54 Å². The topological polar surface area (TPSA) is 69.8 Å². The number of nitrogens with zero attached hydrogens (tertiary/aromatic N) is 1. The van der Waals surface area contributed by atoms with Crippen LogP contribution in [0, 0.1) is 19.7 Å². The molecule has 0 fully saturated rings. The molecule has 1 atom stereocenters. The Morgan fingerprint density at radius 2 is 1.89 bits per heavy atom. The summed E-state index contributed by atoms with van der Waals surface area (Å²) >= 11 is 0. The summed E-state index contributed by atoms with van der Waals surface area (Å²) in [6.07, 6.45) is 0.751. The predicted octanol–water partition coefficient (Wildman–Crippen LogP) is 3.66. The SMILES string of the molecule is CCNC(=NCC(C)(O)c1cc(C)oc1C)NCCc1ccc(F)cc1.I. The van der Waals surface area contributed by atoms with Gasteiger partial charge in [0.1, 0.15) is 22.9 Å². The second-order valence-electron chi connectivity index (χ2n) is 6.60. The van der Waals surface area contributed by atoms with Crippen LogP contribution in [-0.4, -0.2) is 30.7 Å². The number of benzene rings is 1. The van der Waals surface area contributed by atoms with Crippen molar-refractivity contribution < 1.29 is 13.9 Å². The normalized spacial score (nSPS) is 13.6. The monoisotopic (exact) mass is 489 g/mol. The molecular formula is C20H29FIN3O2. The molecule has 3 N–H and O–H groups in total. The van der Waals surface area contributed by atoms with Crippen molar-refractivity contribution in [3.63, 3.8) is 0 Å². The van der Waals surface area contributed by atoms with Gasteiger partial charge >= 0.3 is 0 Å². The molecular weight excluding hydrogens is 460 g/mol. The maximum absolute atomic E-state index is 12.9. The Balaban J connectivity index is 0.00000364. The Hall–Kier alpha value is -1.61. The largest absolute Gasteiger partial charge is 0.466 e. The standard InChI is InChI=1S/C20H28FN3O2.HI/c1-5-22-19(23-11-10-16-6-8-17(21)9-7-16)24-13-20(4,25)18-12-14(2)26-15(18)3;/h6-9,12,25H,5,10-11,13H2,1-4H3,(H2,22,23,24);1H. The van der Waals surface area contributed by atoms with Crippen LogP contribution in [0.1, 0.15) is 36.5 Å². The number of halogens is 2. The van der Waals surface area contributed by atoms with Gasteiger partial charge < -0.3 is 20.2 Å². The van der Waals surface area contributed by atoms with Crippen molar-refractivity contribution in [2.75, 3.05) is 19.6 Å². The van der Waals surface area contributed by atoms with Crippen LogP contribution in [0.3, 0.4) is 0 Å². The van der Waals surface area contributed by atoms with Crippen LogP contribution in [-0.2, 0) is 12.0 Å². The van der Waals surface area contributed by atoms with Crippen molar-refractivity contribution in [2.45, 2.75) is 39.7 Å². The molecule has 1 aromatic carbocycles. The second-order valence-corrected chi connectivity index (χ2v) is 6.60. The number of aliphatic imine (C=N–C) groups is 1. The van der Waals surface area contributed by atoms with Crippen molar-refractivity contribution in [3.05, 3.63) is 58.8 Å². The molecule has 0 radical (unpaired) electrons. The number of rotatable bonds is 7. The average Bonchev–Trinajstić information content (AvgIpc) is 2.94. The predicted molar refractivity (Wildman–Crippen MR) is 117 cm³/mol. The van der Waals surface area contributed by atoms with Gasteiger partial charge in [0.25, 0.3) is 0 Å². The lowest BCUT2D eigenvalue weighted by molar-refractivity contribution is 0.0657. The molecule has 0 saturated carbocycles. The van der Waals surface area contributed by atoms with E-state index in [1.54, 1.807) is 19.1 Å². The van der Waals surface area contributed by atoms with E-state index < -0.39 is 5.60 Å². The van der Waals surface area contributed by atoms with Gasteiger partial charge in [0.2, 0.25) is 0 Å². The number of aryl methyl sites for hydroxylation is 2. The Morgan fingerprint density at radius 3 is 2.44 bits per heavy atom. The molecule has 0 spiro atoms. The summed E-state index contributed by atoms with van der Waals surface area (Å²) in [6, 6.07) is 8.31. The van der Waals surface area contributed by atoms with Gasteiger partial charge in [-0.15, -0.1) is 24.0 Å². The molecule has 0 aliphatic heterocycles. The van der Waals surface area contributed by atoms with Crippen molar-refractivity contribution in [2.24, 2.45) is 4.99 Å². The van der Waals surface area contributed by atoms with Crippen molar-refractivity contribution in [3.8, 4) is 0 Å². The number of hydrogen-bond acceptors (Lipinski definition) is 3. The molecule has 0 amide bonds. The van der Waals surface area contributed by atoms with E-state index in [1.807, 2.05) is 26.8 Å². The van der Waals surface area contributed by atoms with E-state index >= 15 is 0 Å². The molecule has 1 heterocycles. The third-order valence-corrected chi connectivity index (χ3v) is 4.13. The fourth-order valence-corrected chi connectivity index (χ4v) is 2.80. The van der Waals surface area contributed by atoms with E-state index in [0.29, 0.717) is 24.8 Å². The highest BCUT2D eigenvalue weighted by atomic mass is 127. The van der Waals surface area contributed by atoms with Crippen LogP contribution in [0.25, 0.3) is 0 Å². The molecule has 0 bridgehead atoms. The Morgan fingerprint density at radius 1 is 1.22 bits per heavy atom. The number of aliphatic hydroxyl groups is 1. The summed E-state index contributed by atoms with van der Waals surface area (Å²) in [4.78, 5) is 4.50.